The Morgan fingerprint density at radius 2 is 0.268 bits per heavy atom. The van der Waals surface area contributed by atoms with Crippen LogP contribution in [0.3, 0.4) is 0 Å². The van der Waals surface area contributed by atoms with Gasteiger partial charge in [-0.15, -0.1) is 0 Å². The first-order chi connectivity index (χ1) is 40.8. The van der Waals surface area contributed by atoms with E-state index in [2.05, 4.69) is 13.8 Å². The highest BCUT2D eigenvalue weighted by atomic mass is 16.5. The van der Waals surface area contributed by atoms with Crippen LogP contribution in [0.4, 0.5) is 0 Å². The van der Waals surface area contributed by atoms with Gasteiger partial charge in [0.1, 0.15) is 0 Å². The van der Waals surface area contributed by atoms with Gasteiger partial charge in [0.05, 0.1) is 6.61 Å². The van der Waals surface area contributed by atoms with Gasteiger partial charge in [-0.2, -0.15) is 0 Å². The van der Waals surface area contributed by atoms with Gasteiger partial charge in [0, 0.05) is 6.42 Å². The van der Waals surface area contributed by atoms with Gasteiger partial charge in [-0.05, 0) is 12.8 Å². The maximum atomic E-state index is 12.1. The summed E-state index contributed by atoms with van der Waals surface area (Å²) in [6, 6.07) is 0. The molecule has 0 amide bonds. The smallest absolute Gasteiger partial charge is 0.305 e. The SMILES string of the molecule is CCCCCCCCCCCCCCCCCCCCCCCCCCCCCCCCCCCCCCCCCCCCCCCCCCCCCCCCCCCCCCOC(=O)CCCCCCCCCCCCCCCCC. The molecule has 0 aromatic rings. The van der Waals surface area contributed by atoms with Crippen molar-refractivity contribution >= 4 is 5.97 Å². The monoisotopic (exact) mass is 1150 g/mol. The molecule has 0 saturated carbocycles. The second-order valence-electron chi connectivity index (χ2n) is 27.8. The zero-order chi connectivity index (χ0) is 58.7. The Labute approximate surface area is 521 Å². The minimum atomic E-state index is 0.0351. The average Bonchev–Trinajstić information content (AvgIpc) is 3.48. The van der Waals surface area contributed by atoms with E-state index in [1.165, 1.54) is 469 Å². The molecule has 0 fully saturated rings. The zero-order valence-corrected chi connectivity index (χ0v) is 57.8. The second kappa shape index (κ2) is 78.5. The fraction of sp³-hybridized carbons (Fsp3) is 0.988. The molecule has 0 aromatic heterocycles. The number of carbonyl (C=O) groups is 1. The Bertz CT molecular complexity index is 1080. The van der Waals surface area contributed by atoms with Crippen LogP contribution in [0, 0.1) is 0 Å². The number of ether oxygens (including phenoxy) is 1. The summed E-state index contributed by atoms with van der Waals surface area (Å²) in [7, 11) is 0. The van der Waals surface area contributed by atoms with Gasteiger partial charge in [-0.3, -0.25) is 4.79 Å². The molecule has 0 rings (SSSR count). The van der Waals surface area contributed by atoms with Crippen LogP contribution in [0.25, 0.3) is 0 Å². The molecule has 0 aliphatic rings. The van der Waals surface area contributed by atoms with E-state index in [-0.39, 0.29) is 5.97 Å². The summed E-state index contributed by atoms with van der Waals surface area (Å²) in [5.74, 6) is 0.0351. The van der Waals surface area contributed by atoms with Gasteiger partial charge in [-0.1, -0.05) is 483 Å². The van der Waals surface area contributed by atoms with E-state index >= 15 is 0 Å². The highest BCUT2D eigenvalue weighted by molar-refractivity contribution is 5.69. The molecule has 492 valence electrons. The van der Waals surface area contributed by atoms with Crippen LogP contribution < -0.4 is 0 Å². The van der Waals surface area contributed by atoms with Crippen molar-refractivity contribution < 1.29 is 9.53 Å². The first-order valence-electron chi connectivity index (χ1n) is 40.0. The molecule has 2 heteroatoms. The lowest BCUT2D eigenvalue weighted by Crippen LogP contribution is -2.05. The maximum absolute atomic E-state index is 12.1. The highest BCUT2D eigenvalue weighted by Gasteiger charge is 2.04. The van der Waals surface area contributed by atoms with Crippen LogP contribution in [0.2, 0.25) is 0 Å². The van der Waals surface area contributed by atoms with E-state index in [1.54, 1.807) is 0 Å². The van der Waals surface area contributed by atoms with Crippen LogP contribution in [0.15, 0.2) is 0 Å². The predicted octanol–water partition coefficient (Wildman–Crippen LogP) is 30.2. The Morgan fingerprint density at radius 3 is 0.402 bits per heavy atom. The van der Waals surface area contributed by atoms with E-state index in [0.29, 0.717) is 13.0 Å². The van der Waals surface area contributed by atoms with E-state index in [4.69, 9.17) is 4.74 Å². The third-order valence-corrected chi connectivity index (χ3v) is 19.2. The molecule has 0 bridgehead atoms. The van der Waals surface area contributed by atoms with Gasteiger partial charge >= 0.3 is 5.97 Å². The molecule has 0 radical (unpaired) electrons. The Morgan fingerprint density at radius 1 is 0.159 bits per heavy atom. The number of hydrogen-bond donors (Lipinski definition) is 0. The molecule has 0 unspecified atom stereocenters. The topological polar surface area (TPSA) is 26.3 Å². The van der Waals surface area contributed by atoms with Crippen molar-refractivity contribution in [1.29, 1.82) is 0 Å². The molecule has 2 nitrogen and oxygen atoms in total. The van der Waals surface area contributed by atoms with Crippen molar-refractivity contribution in [2.75, 3.05) is 6.61 Å². The highest BCUT2D eigenvalue weighted by Crippen LogP contribution is 2.21. The van der Waals surface area contributed by atoms with Crippen LogP contribution in [0.5, 0.6) is 0 Å². The van der Waals surface area contributed by atoms with Crippen molar-refractivity contribution in [3.8, 4) is 0 Å². The van der Waals surface area contributed by atoms with Crippen LogP contribution in [-0.4, -0.2) is 12.6 Å². The summed E-state index contributed by atoms with van der Waals surface area (Å²) in [6.07, 6.45) is 109. The molecular weight excluding hydrogens is 993 g/mol. The van der Waals surface area contributed by atoms with Gasteiger partial charge in [0.15, 0.2) is 0 Å². The summed E-state index contributed by atoms with van der Waals surface area (Å²) in [5.41, 5.74) is 0. The van der Waals surface area contributed by atoms with E-state index in [1.807, 2.05) is 0 Å². The molecule has 0 aliphatic heterocycles. The van der Waals surface area contributed by atoms with Gasteiger partial charge in [0.25, 0.3) is 0 Å². The lowest BCUT2D eigenvalue weighted by molar-refractivity contribution is -0.143. The minimum Gasteiger partial charge on any atom is -0.466 e. The van der Waals surface area contributed by atoms with Crippen molar-refractivity contribution in [2.24, 2.45) is 0 Å². The third-order valence-electron chi connectivity index (χ3n) is 19.2. The van der Waals surface area contributed by atoms with Gasteiger partial charge in [0.2, 0.25) is 0 Å². The average molecular weight is 1150 g/mol. The molecule has 0 saturated heterocycles. The molecule has 0 aromatic carbocycles. The summed E-state index contributed by atoms with van der Waals surface area (Å²) in [6.45, 7) is 5.25. The van der Waals surface area contributed by atoms with Crippen molar-refractivity contribution in [3.05, 3.63) is 0 Å². The number of hydrogen-bond acceptors (Lipinski definition) is 2. The first-order valence-corrected chi connectivity index (χ1v) is 40.0. The normalized spacial score (nSPS) is 11.7. The summed E-state index contributed by atoms with van der Waals surface area (Å²) >= 11 is 0. The molecular formula is C80H160O2. The summed E-state index contributed by atoms with van der Waals surface area (Å²) in [4.78, 5) is 12.1. The quantitative estimate of drug-likeness (QED) is 0.0448. The fourth-order valence-corrected chi connectivity index (χ4v) is 13.3. The van der Waals surface area contributed by atoms with Crippen LogP contribution in [-0.2, 0) is 9.53 Å². The molecule has 0 spiro atoms. The second-order valence-corrected chi connectivity index (χ2v) is 27.8. The Balaban J connectivity index is 3.11. The number of esters is 1. The van der Waals surface area contributed by atoms with Gasteiger partial charge < -0.3 is 4.74 Å². The number of rotatable bonds is 77. The third kappa shape index (κ3) is 77.5. The standard InChI is InChI=1S/C80H160O2/c1-3-5-7-9-11-13-15-17-19-20-21-22-23-24-25-26-27-28-29-30-31-32-33-34-35-36-37-38-39-40-41-42-43-44-45-46-47-48-49-50-51-52-53-54-55-56-57-58-59-60-61-62-63-65-67-69-71-73-75-77-79-82-80(81)78-76-74-72-70-68-66-64-18-16-14-12-10-8-6-4-2/h3-79H2,1-2H3. The minimum absolute atomic E-state index is 0.0351. The van der Waals surface area contributed by atoms with Crippen molar-refractivity contribution in [3.63, 3.8) is 0 Å². The molecule has 0 aliphatic carbocycles. The fourth-order valence-electron chi connectivity index (χ4n) is 13.3. The van der Waals surface area contributed by atoms with E-state index in [0.717, 1.165) is 12.8 Å². The first kappa shape index (κ1) is 81.5. The Kier molecular flexibility index (Phi) is 78.0. The maximum Gasteiger partial charge on any atom is 0.305 e. The van der Waals surface area contributed by atoms with E-state index < -0.39 is 0 Å². The van der Waals surface area contributed by atoms with E-state index in [9.17, 15) is 4.79 Å². The number of unbranched alkanes of at least 4 members (excludes halogenated alkanes) is 73. The molecule has 82 heavy (non-hydrogen) atoms. The Hall–Kier alpha value is -0.530. The number of carbonyl (C=O) groups excluding carboxylic acids is 1. The van der Waals surface area contributed by atoms with Crippen molar-refractivity contribution in [1.82, 2.24) is 0 Å². The lowest BCUT2D eigenvalue weighted by Gasteiger charge is -2.06. The summed E-state index contributed by atoms with van der Waals surface area (Å²) < 4.78 is 5.51. The molecule has 0 atom stereocenters. The largest absolute Gasteiger partial charge is 0.466 e. The lowest BCUT2D eigenvalue weighted by atomic mass is 10.0. The predicted molar refractivity (Wildman–Crippen MR) is 373 cm³/mol. The zero-order valence-electron chi connectivity index (χ0n) is 57.8. The molecule has 0 N–H and O–H groups in total. The van der Waals surface area contributed by atoms with Gasteiger partial charge in [-0.25, -0.2) is 0 Å². The van der Waals surface area contributed by atoms with Crippen LogP contribution in [0.1, 0.15) is 502 Å². The van der Waals surface area contributed by atoms with Crippen molar-refractivity contribution in [2.45, 2.75) is 502 Å². The summed E-state index contributed by atoms with van der Waals surface area (Å²) in [5, 5.41) is 0. The van der Waals surface area contributed by atoms with Crippen LogP contribution >= 0.6 is 0 Å². The molecule has 0 heterocycles.